The van der Waals surface area contributed by atoms with Crippen molar-refractivity contribution in [2.75, 3.05) is 4.72 Å². The molecule has 112 valence electrons. The van der Waals surface area contributed by atoms with Crippen LogP contribution in [-0.2, 0) is 16.8 Å². The van der Waals surface area contributed by atoms with Crippen molar-refractivity contribution in [1.29, 1.82) is 0 Å². The summed E-state index contributed by atoms with van der Waals surface area (Å²) in [5, 5.41) is 9.23. The lowest BCUT2D eigenvalue weighted by Gasteiger charge is -2.11. The SMILES string of the molecule is O=C(O)c1ccc(Cl)cc1NS(=O)(=O)NCc1ccco1. The van der Waals surface area contributed by atoms with Gasteiger partial charge in [0.1, 0.15) is 5.76 Å². The molecule has 7 nitrogen and oxygen atoms in total. The Bertz CT molecular complexity index is 743. The van der Waals surface area contributed by atoms with Crippen LogP contribution >= 0.6 is 11.6 Å². The van der Waals surface area contributed by atoms with Crippen molar-refractivity contribution < 1.29 is 22.7 Å². The lowest BCUT2D eigenvalue weighted by molar-refractivity contribution is 0.0698. The number of furan rings is 1. The van der Waals surface area contributed by atoms with Gasteiger partial charge in [-0.25, -0.2) is 4.79 Å². The summed E-state index contributed by atoms with van der Waals surface area (Å²) in [5.41, 5.74) is -0.329. The number of carboxylic acid groups (broad SMARTS) is 1. The van der Waals surface area contributed by atoms with Gasteiger partial charge in [0.15, 0.2) is 0 Å². The van der Waals surface area contributed by atoms with E-state index in [1.807, 2.05) is 0 Å². The highest BCUT2D eigenvalue weighted by Crippen LogP contribution is 2.22. The van der Waals surface area contributed by atoms with Gasteiger partial charge in [-0.15, -0.1) is 0 Å². The molecule has 9 heteroatoms. The van der Waals surface area contributed by atoms with E-state index in [-0.39, 0.29) is 22.8 Å². The molecule has 0 saturated heterocycles. The van der Waals surface area contributed by atoms with Crippen LogP contribution in [0.4, 0.5) is 5.69 Å². The molecule has 1 aromatic heterocycles. The first-order valence-corrected chi connectivity index (χ1v) is 7.56. The Kier molecular flexibility index (Phi) is 4.51. The van der Waals surface area contributed by atoms with Crippen molar-refractivity contribution in [2.45, 2.75) is 6.54 Å². The second-order valence-electron chi connectivity index (χ2n) is 4.00. The quantitative estimate of drug-likeness (QED) is 0.751. The maximum absolute atomic E-state index is 11.9. The summed E-state index contributed by atoms with van der Waals surface area (Å²) in [5.74, 6) is -0.847. The molecule has 2 rings (SSSR count). The predicted molar refractivity (Wildman–Crippen MR) is 76.5 cm³/mol. The highest BCUT2D eigenvalue weighted by Gasteiger charge is 2.16. The Morgan fingerprint density at radius 2 is 2.10 bits per heavy atom. The highest BCUT2D eigenvalue weighted by atomic mass is 35.5. The average Bonchev–Trinajstić information content (AvgIpc) is 2.88. The second-order valence-corrected chi connectivity index (χ2v) is 5.94. The molecule has 0 saturated carbocycles. The summed E-state index contributed by atoms with van der Waals surface area (Å²) in [6, 6.07) is 7.02. The van der Waals surface area contributed by atoms with Crippen molar-refractivity contribution >= 4 is 33.5 Å². The van der Waals surface area contributed by atoms with E-state index in [2.05, 4.69) is 9.44 Å². The third-order valence-electron chi connectivity index (χ3n) is 2.47. The number of aromatic carboxylic acids is 1. The van der Waals surface area contributed by atoms with Gasteiger partial charge in [0.05, 0.1) is 24.1 Å². The first kappa shape index (κ1) is 15.4. The van der Waals surface area contributed by atoms with Crippen LogP contribution in [0.25, 0.3) is 0 Å². The summed E-state index contributed by atoms with van der Waals surface area (Å²) >= 11 is 5.75. The summed E-state index contributed by atoms with van der Waals surface area (Å²) < 4.78 is 33.1. The molecule has 21 heavy (non-hydrogen) atoms. The van der Waals surface area contributed by atoms with Crippen molar-refractivity contribution in [3.05, 3.63) is 52.9 Å². The molecule has 0 unspecified atom stereocenters. The van der Waals surface area contributed by atoms with Gasteiger partial charge in [0.25, 0.3) is 10.2 Å². The summed E-state index contributed by atoms with van der Waals surface area (Å²) in [4.78, 5) is 11.1. The van der Waals surface area contributed by atoms with E-state index < -0.39 is 16.2 Å². The zero-order valence-electron chi connectivity index (χ0n) is 10.5. The van der Waals surface area contributed by atoms with Gasteiger partial charge in [-0.3, -0.25) is 4.72 Å². The number of benzene rings is 1. The van der Waals surface area contributed by atoms with Crippen LogP contribution in [0.5, 0.6) is 0 Å². The fourth-order valence-electron chi connectivity index (χ4n) is 1.55. The van der Waals surface area contributed by atoms with Gasteiger partial charge in [0, 0.05) is 5.02 Å². The van der Waals surface area contributed by atoms with Crippen molar-refractivity contribution in [3.8, 4) is 0 Å². The van der Waals surface area contributed by atoms with Crippen molar-refractivity contribution in [2.24, 2.45) is 0 Å². The fourth-order valence-corrected chi connectivity index (χ4v) is 2.58. The Balaban J connectivity index is 2.16. The number of hydrogen-bond donors (Lipinski definition) is 3. The molecule has 0 bridgehead atoms. The largest absolute Gasteiger partial charge is 0.478 e. The number of nitrogens with one attached hydrogen (secondary N) is 2. The molecular weight excluding hydrogens is 320 g/mol. The van der Waals surface area contributed by atoms with Gasteiger partial charge >= 0.3 is 5.97 Å². The van der Waals surface area contributed by atoms with Gasteiger partial charge in [-0.05, 0) is 30.3 Å². The van der Waals surface area contributed by atoms with E-state index in [0.717, 1.165) is 0 Å². The Hall–Kier alpha value is -2.03. The molecule has 1 heterocycles. The fraction of sp³-hybridized carbons (Fsp3) is 0.0833. The van der Waals surface area contributed by atoms with Crippen LogP contribution in [0.1, 0.15) is 16.1 Å². The van der Waals surface area contributed by atoms with Gasteiger partial charge in [-0.2, -0.15) is 13.1 Å². The van der Waals surface area contributed by atoms with Gasteiger partial charge in [0.2, 0.25) is 0 Å². The normalized spacial score (nSPS) is 11.3. The second kappa shape index (κ2) is 6.17. The smallest absolute Gasteiger partial charge is 0.337 e. The molecule has 0 aliphatic heterocycles. The van der Waals surface area contributed by atoms with Gasteiger partial charge < -0.3 is 9.52 Å². The summed E-state index contributed by atoms with van der Waals surface area (Å²) in [6.07, 6.45) is 1.41. The number of anilines is 1. The van der Waals surface area contributed by atoms with Crippen LogP contribution in [0.15, 0.2) is 41.0 Å². The zero-order valence-corrected chi connectivity index (χ0v) is 12.1. The number of carbonyl (C=O) groups is 1. The van der Waals surface area contributed by atoms with E-state index in [0.29, 0.717) is 5.76 Å². The topological polar surface area (TPSA) is 109 Å². The van der Waals surface area contributed by atoms with Crippen LogP contribution in [0.2, 0.25) is 5.02 Å². The van der Waals surface area contributed by atoms with E-state index in [9.17, 15) is 13.2 Å². The Morgan fingerprint density at radius 3 is 2.71 bits per heavy atom. The number of halogens is 1. The van der Waals surface area contributed by atoms with Crippen molar-refractivity contribution in [3.63, 3.8) is 0 Å². The van der Waals surface area contributed by atoms with E-state index in [4.69, 9.17) is 21.1 Å². The molecule has 0 radical (unpaired) electrons. The highest BCUT2D eigenvalue weighted by molar-refractivity contribution is 7.90. The summed E-state index contributed by atoms with van der Waals surface area (Å²) in [6.45, 7) is -0.0642. The standard InChI is InChI=1S/C12H11ClN2O5S/c13-8-3-4-10(12(16)17)11(6-8)15-21(18,19)14-7-9-2-1-5-20-9/h1-6,14-15H,7H2,(H,16,17). The average molecular weight is 331 g/mol. The van der Waals surface area contributed by atoms with Crippen LogP contribution in [0, 0.1) is 0 Å². The van der Waals surface area contributed by atoms with Crippen LogP contribution < -0.4 is 9.44 Å². The Labute approximate surface area is 125 Å². The molecular formula is C12H11ClN2O5S. The molecule has 0 spiro atoms. The monoisotopic (exact) mass is 330 g/mol. The first-order chi connectivity index (χ1) is 9.87. The summed E-state index contributed by atoms with van der Waals surface area (Å²) in [7, 11) is -3.97. The maximum Gasteiger partial charge on any atom is 0.337 e. The molecule has 3 N–H and O–H groups in total. The molecule has 2 aromatic rings. The predicted octanol–water partition coefficient (Wildman–Crippen LogP) is 2.08. The lowest BCUT2D eigenvalue weighted by Crippen LogP contribution is -2.30. The number of hydrogen-bond acceptors (Lipinski definition) is 4. The number of carboxylic acids is 1. The van der Waals surface area contributed by atoms with Crippen LogP contribution in [-0.4, -0.2) is 19.5 Å². The Morgan fingerprint density at radius 1 is 1.33 bits per heavy atom. The first-order valence-electron chi connectivity index (χ1n) is 5.70. The lowest BCUT2D eigenvalue weighted by atomic mass is 10.2. The zero-order chi connectivity index (χ0) is 15.5. The minimum atomic E-state index is -3.97. The molecule has 0 atom stereocenters. The maximum atomic E-state index is 11.9. The molecule has 0 aliphatic carbocycles. The molecule has 0 fully saturated rings. The van der Waals surface area contributed by atoms with E-state index in [1.54, 1.807) is 12.1 Å². The molecule has 1 aromatic carbocycles. The number of rotatable bonds is 6. The van der Waals surface area contributed by atoms with Crippen LogP contribution in [0.3, 0.4) is 0 Å². The van der Waals surface area contributed by atoms with Gasteiger partial charge in [-0.1, -0.05) is 11.6 Å². The van der Waals surface area contributed by atoms with Crippen molar-refractivity contribution in [1.82, 2.24) is 4.72 Å². The van der Waals surface area contributed by atoms with E-state index >= 15 is 0 Å². The minimum absolute atomic E-state index is 0.0642. The molecule has 0 amide bonds. The molecule has 0 aliphatic rings. The third-order valence-corrected chi connectivity index (χ3v) is 3.72. The third kappa shape index (κ3) is 4.22. The van der Waals surface area contributed by atoms with E-state index in [1.165, 1.54) is 24.5 Å². The minimum Gasteiger partial charge on any atom is -0.478 e.